The molecule has 1 heterocycles. The van der Waals surface area contributed by atoms with Gasteiger partial charge in [-0.2, -0.15) is 0 Å². The van der Waals surface area contributed by atoms with Crippen molar-refractivity contribution in [2.75, 3.05) is 5.32 Å². The first-order valence-corrected chi connectivity index (χ1v) is 5.55. The molecule has 2 heteroatoms. The minimum atomic E-state index is -0.361. The Morgan fingerprint density at radius 1 is 1.33 bits per heavy atom. The van der Waals surface area contributed by atoms with E-state index in [0.717, 1.165) is 17.2 Å². The Kier molecular flexibility index (Phi) is 1.57. The van der Waals surface area contributed by atoms with E-state index in [1.807, 2.05) is 13.8 Å². The second-order valence-electron chi connectivity index (χ2n) is 5.16. The van der Waals surface area contributed by atoms with Gasteiger partial charge < -0.3 is 5.32 Å². The Morgan fingerprint density at radius 3 is 2.73 bits per heavy atom. The van der Waals surface area contributed by atoms with Crippen LogP contribution >= 0.6 is 0 Å². The minimum Gasteiger partial charge on any atom is -0.325 e. The maximum atomic E-state index is 11.7. The maximum absolute atomic E-state index is 11.7. The summed E-state index contributed by atoms with van der Waals surface area (Å²) in [4.78, 5) is 11.7. The van der Waals surface area contributed by atoms with Crippen LogP contribution in [0.5, 0.6) is 0 Å². The highest BCUT2D eigenvalue weighted by Gasteiger charge is 2.39. The molecule has 0 saturated heterocycles. The van der Waals surface area contributed by atoms with Gasteiger partial charge in [0.1, 0.15) is 0 Å². The maximum Gasteiger partial charge on any atom is 0.234 e. The van der Waals surface area contributed by atoms with Crippen LogP contribution < -0.4 is 5.32 Å². The number of carbonyl (C=O) groups is 1. The summed E-state index contributed by atoms with van der Waals surface area (Å²) in [5.41, 5.74) is 3.20. The molecule has 0 aromatic heterocycles. The third kappa shape index (κ3) is 1.21. The average Bonchev–Trinajstić information content (AvgIpc) is 2.98. The topological polar surface area (TPSA) is 29.1 Å². The lowest BCUT2D eigenvalue weighted by atomic mass is 9.85. The van der Waals surface area contributed by atoms with Gasteiger partial charge in [-0.15, -0.1) is 0 Å². The number of fused-ring (bicyclic) bond motifs is 1. The van der Waals surface area contributed by atoms with E-state index in [9.17, 15) is 4.79 Å². The first-order chi connectivity index (χ1) is 7.09. The molecule has 78 valence electrons. The van der Waals surface area contributed by atoms with Gasteiger partial charge in [0, 0.05) is 5.69 Å². The van der Waals surface area contributed by atoms with E-state index in [-0.39, 0.29) is 11.3 Å². The molecule has 1 amide bonds. The lowest BCUT2D eigenvalue weighted by molar-refractivity contribution is -0.119. The fraction of sp³-hybridized carbons (Fsp3) is 0.462. The van der Waals surface area contributed by atoms with Crippen LogP contribution in [-0.4, -0.2) is 5.91 Å². The van der Waals surface area contributed by atoms with E-state index in [4.69, 9.17) is 0 Å². The van der Waals surface area contributed by atoms with Gasteiger partial charge in [0.15, 0.2) is 0 Å². The zero-order valence-corrected chi connectivity index (χ0v) is 9.13. The Hall–Kier alpha value is -1.31. The quantitative estimate of drug-likeness (QED) is 0.743. The van der Waals surface area contributed by atoms with Gasteiger partial charge >= 0.3 is 0 Å². The highest BCUT2D eigenvalue weighted by Crippen LogP contribution is 2.44. The van der Waals surface area contributed by atoms with Crippen LogP contribution in [0, 0.1) is 0 Å². The number of carbonyl (C=O) groups excluding carboxylic acids is 1. The van der Waals surface area contributed by atoms with Crippen LogP contribution in [0.1, 0.15) is 43.7 Å². The number of nitrogens with one attached hydrogen (secondary N) is 1. The van der Waals surface area contributed by atoms with E-state index >= 15 is 0 Å². The van der Waals surface area contributed by atoms with E-state index in [1.165, 1.54) is 18.4 Å². The highest BCUT2D eigenvalue weighted by atomic mass is 16.2. The molecule has 1 N–H and O–H groups in total. The molecule has 1 aromatic carbocycles. The molecule has 0 atom stereocenters. The van der Waals surface area contributed by atoms with Crippen molar-refractivity contribution >= 4 is 11.6 Å². The number of anilines is 1. The van der Waals surface area contributed by atoms with Crippen molar-refractivity contribution < 1.29 is 4.79 Å². The molecule has 0 bridgehead atoms. The van der Waals surface area contributed by atoms with E-state index in [0.29, 0.717) is 0 Å². The smallest absolute Gasteiger partial charge is 0.234 e. The van der Waals surface area contributed by atoms with Gasteiger partial charge in [0.05, 0.1) is 5.41 Å². The second-order valence-corrected chi connectivity index (χ2v) is 5.16. The molecule has 0 radical (unpaired) electrons. The molecular weight excluding hydrogens is 186 g/mol. The van der Waals surface area contributed by atoms with Crippen molar-refractivity contribution in [3.05, 3.63) is 29.3 Å². The van der Waals surface area contributed by atoms with E-state index in [2.05, 4.69) is 23.5 Å². The number of benzene rings is 1. The molecule has 1 fully saturated rings. The van der Waals surface area contributed by atoms with Gasteiger partial charge in [-0.1, -0.05) is 12.1 Å². The van der Waals surface area contributed by atoms with Crippen molar-refractivity contribution in [1.82, 2.24) is 0 Å². The summed E-state index contributed by atoms with van der Waals surface area (Å²) in [6.45, 7) is 3.98. The number of rotatable bonds is 1. The summed E-state index contributed by atoms with van der Waals surface area (Å²) < 4.78 is 0. The molecule has 1 aromatic rings. The molecular formula is C13H15NO. The molecule has 1 aliphatic heterocycles. The third-order valence-electron chi connectivity index (χ3n) is 3.58. The standard InChI is InChI=1S/C13H15NO/c1-13(2)10-7-9(8-3-4-8)5-6-11(10)14-12(13)15/h5-8H,3-4H2,1-2H3,(H,14,15). The van der Waals surface area contributed by atoms with Crippen LogP contribution in [0.3, 0.4) is 0 Å². The summed E-state index contributed by atoms with van der Waals surface area (Å²) in [7, 11) is 0. The molecule has 15 heavy (non-hydrogen) atoms. The molecule has 0 unspecified atom stereocenters. The number of hydrogen-bond donors (Lipinski definition) is 1. The largest absolute Gasteiger partial charge is 0.325 e. The van der Waals surface area contributed by atoms with Crippen molar-refractivity contribution in [2.24, 2.45) is 0 Å². The SMILES string of the molecule is CC1(C)C(=O)Nc2ccc(C3CC3)cc21. The summed E-state index contributed by atoms with van der Waals surface area (Å²) in [6.07, 6.45) is 2.61. The molecule has 1 aliphatic carbocycles. The normalized spacial score (nSPS) is 22.4. The lowest BCUT2D eigenvalue weighted by Gasteiger charge is -2.15. The van der Waals surface area contributed by atoms with Gasteiger partial charge in [-0.25, -0.2) is 0 Å². The van der Waals surface area contributed by atoms with Crippen molar-refractivity contribution in [3.8, 4) is 0 Å². The third-order valence-corrected chi connectivity index (χ3v) is 3.58. The molecule has 2 nitrogen and oxygen atoms in total. The van der Waals surface area contributed by atoms with Gasteiger partial charge in [-0.05, 0) is 49.8 Å². The lowest BCUT2D eigenvalue weighted by Crippen LogP contribution is -2.26. The zero-order valence-electron chi connectivity index (χ0n) is 9.13. The van der Waals surface area contributed by atoms with Crippen LogP contribution in [0.4, 0.5) is 5.69 Å². The summed E-state index contributed by atoms with van der Waals surface area (Å²) in [5.74, 6) is 0.868. The van der Waals surface area contributed by atoms with Crippen LogP contribution in [0.25, 0.3) is 0 Å². The Morgan fingerprint density at radius 2 is 2.07 bits per heavy atom. The minimum absolute atomic E-state index is 0.116. The molecule has 0 spiro atoms. The van der Waals surface area contributed by atoms with E-state index < -0.39 is 0 Å². The summed E-state index contributed by atoms with van der Waals surface area (Å²) >= 11 is 0. The first-order valence-electron chi connectivity index (χ1n) is 5.55. The first kappa shape index (κ1) is 8.96. The Balaban J connectivity index is 2.11. The summed E-state index contributed by atoms with van der Waals surface area (Å²) in [5, 5.41) is 2.94. The monoisotopic (exact) mass is 201 g/mol. The number of hydrogen-bond acceptors (Lipinski definition) is 1. The van der Waals surface area contributed by atoms with Crippen molar-refractivity contribution in [2.45, 2.75) is 38.0 Å². The Labute approximate surface area is 89.7 Å². The van der Waals surface area contributed by atoms with Gasteiger partial charge in [0.2, 0.25) is 5.91 Å². The van der Waals surface area contributed by atoms with Crippen molar-refractivity contribution in [1.29, 1.82) is 0 Å². The van der Waals surface area contributed by atoms with E-state index in [1.54, 1.807) is 0 Å². The summed E-state index contributed by atoms with van der Waals surface area (Å²) in [6, 6.07) is 6.42. The Bertz CT molecular complexity index is 444. The van der Waals surface area contributed by atoms with Gasteiger partial charge in [-0.3, -0.25) is 4.79 Å². The number of amides is 1. The highest BCUT2D eigenvalue weighted by molar-refractivity contribution is 6.05. The fourth-order valence-corrected chi connectivity index (χ4v) is 2.26. The molecule has 2 aliphatic rings. The average molecular weight is 201 g/mol. The molecule has 3 rings (SSSR count). The van der Waals surface area contributed by atoms with Crippen LogP contribution in [0.2, 0.25) is 0 Å². The van der Waals surface area contributed by atoms with Crippen LogP contribution in [0.15, 0.2) is 18.2 Å². The van der Waals surface area contributed by atoms with Crippen molar-refractivity contribution in [3.63, 3.8) is 0 Å². The van der Waals surface area contributed by atoms with Crippen LogP contribution in [-0.2, 0) is 10.2 Å². The second kappa shape index (κ2) is 2.63. The predicted molar refractivity (Wildman–Crippen MR) is 60.1 cm³/mol. The van der Waals surface area contributed by atoms with Gasteiger partial charge in [0.25, 0.3) is 0 Å². The fourth-order valence-electron chi connectivity index (χ4n) is 2.26. The predicted octanol–water partition coefficient (Wildman–Crippen LogP) is 2.79. The molecule has 1 saturated carbocycles. The zero-order chi connectivity index (χ0) is 10.6.